The van der Waals surface area contributed by atoms with Crippen LogP contribution in [0.4, 0.5) is 4.79 Å². The number of piperidine rings is 1. The molecule has 5 heteroatoms. The van der Waals surface area contributed by atoms with E-state index >= 15 is 0 Å². The van der Waals surface area contributed by atoms with Crippen LogP contribution in [0.3, 0.4) is 0 Å². The van der Waals surface area contributed by atoms with Gasteiger partial charge in [-0.3, -0.25) is 4.90 Å². The van der Waals surface area contributed by atoms with E-state index in [1.807, 2.05) is 39.0 Å². The van der Waals surface area contributed by atoms with Crippen molar-refractivity contribution in [2.24, 2.45) is 0 Å². The number of ether oxygens (including phenoxy) is 1. The van der Waals surface area contributed by atoms with Crippen molar-refractivity contribution in [1.29, 1.82) is 0 Å². The number of aliphatic hydroxyl groups is 1. The normalized spacial score (nSPS) is 25.9. The molecule has 1 aliphatic heterocycles. The first-order chi connectivity index (χ1) is 10.7. The molecule has 1 aromatic carbocycles. The van der Waals surface area contributed by atoms with Crippen molar-refractivity contribution in [3.8, 4) is 0 Å². The fourth-order valence-electron chi connectivity index (χ4n) is 2.74. The van der Waals surface area contributed by atoms with E-state index in [4.69, 9.17) is 4.74 Å². The van der Waals surface area contributed by atoms with Crippen LogP contribution in [0.2, 0.25) is 0 Å². The molecule has 0 aliphatic carbocycles. The summed E-state index contributed by atoms with van der Waals surface area (Å²) in [5.41, 5.74) is -0.247. The lowest BCUT2D eigenvalue weighted by atomic mass is 9.88. The van der Waals surface area contributed by atoms with E-state index in [1.165, 1.54) is 5.56 Å². The number of alkyl carbamates (subject to hydrolysis) is 1. The van der Waals surface area contributed by atoms with Gasteiger partial charge >= 0.3 is 6.09 Å². The molecule has 2 N–H and O–H groups in total. The molecule has 23 heavy (non-hydrogen) atoms. The molecule has 1 aromatic rings. The minimum Gasteiger partial charge on any atom is -0.444 e. The van der Waals surface area contributed by atoms with Gasteiger partial charge in [-0.25, -0.2) is 4.79 Å². The van der Waals surface area contributed by atoms with Crippen LogP contribution in [0.1, 0.15) is 39.7 Å². The maximum Gasteiger partial charge on any atom is 0.408 e. The number of nitrogens with one attached hydrogen (secondary N) is 1. The highest BCUT2D eigenvalue weighted by Crippen LogP contribution is 2.24. The van der Waals surface area contributed by atoms with E-state index in [0.717, 1.165) is 13.1 Å². The minimum absolute atomic E-state index is 0.352. The number of carbonyl (C=O) groups is 1. The Hall–Kier alpha value is -1.59. The molecule has 2 atom stereocenters. The quantitative estimate of drug-likeness (QED) is 0.898. The fraction of sp³-hybridized carbons (Fsp3) is 0.611. The summed E-state index contributed by atoms with van der Waals surface area (Å²) in [6, 6.07) is 9.86. The lowest BCUT2D eigenvalue weighted by Gasteiger charge is -2.43. The first-order valence-electron chi connectivity index (χ1n) is 8.14. The van der Waals surface area contributed by atoms with Crippen LogP contribution in [-0.4, -0.2) is 46.4 Å². The average molecular weight is 320 g/mol. The topological polar surface area (TPSA) is 61.8 Å². The Balaban J connectivity index is 1.97. The van der Waals surface area contributed by atoms with Crippen molar-refractivity contribution < 1.29 is 14.6 Å². The van der Waals surface area contributed by atoms with Crippen molar-refractivity contribution in [2.75, 3.05) is 13.1 Å². The number of nitrogens with zero attached hydrogens (tertiary/aromatic N) is 1. The Kier molecular flexibility index (Phi) is 5.32. The summed E-state index contributed by atoms with van der Waals surface area (Å²) in [7, 11) is 0. The SMILES string of the molecule is CC(C)(C)OC(=O)N[C@@H]1CN(Cc2ccccc2)CC[C@@]1(C)O. The predicted molar refractivity (Wildman–Crippen MR) is 90.1 cm³/mol. The van der Waals surface area contributed by atoms with Crippen LogP contribution in [0, 0.1) is 0 Å². The highest BCUT2D eigenvalue weighted by atomic mass is 16.6. The van der Waals surface area contributed by atoms with Gasteiger partial charge in [0.15, 0.2) is 0 Å². The van der Waals surface area contributed by atoms with E-state index in [0.29, 0.717) is 13.0 Å². The van der Waals surface area contributed by atoms with E-state index in [9.17, 15) is 9.90 Å². The number of benzene rings is 1. The molecular formula is C18H28N2O3. The Morgan fingerprint density at radius 1 is 1.39 bits per heavy atom. The summed E-state index contributed by atoms with van der Waals surface area (Å²) in [4.78, 5) is 14.3. The fourth-order valence-corrected chi connectivity index (χ4v) is 2.74. The van der Waals surface area contributed by atoms with Gasteiger partial charge in [0.25, 0.3) is 0 Å². The molecular weight excluding hydrogens is 292 g/mol. The summed E-state index contributed by atoms with van der Waals surface area (Å²) >= 11 is 0. The molecule has 0 saturated carbocycles. The number of rotatable bonds is 3. The van der Waals surface area contributed by atoms with Crippen LogP contribution >= 0.6 is 0 Å². The number of likely N-dealkylation sites (tertiary alicyclic amines) is 1. The van der Waals surface area contributed by atoms with Gasteiger partial charge < -0.3 is 15.2 Å². The van der Waals surface area contributed by atoms with Gasteiger partial charge in [-0.2, -0.15) is 0 Å². The lowest BCUT2D eigenvalue weighted by molar-refractivity contribution is -0.0416. The molecule has 0 spiro atoms. The number of hydrogen-bond acceptors (Lipinski definition) is 4. The zero-order valence-electron chi connectivity index (χ0n) is 14.5. The van der Waals surface area contributed by atoms with E-state index in [1.54, 1.807) is 6.92 Å². The monoisotopic (exact) mass is 320 g/mol. The van der Waals surface area contributed by atoms with Crippen LogP contribution in [0.25, 0.3) is 0 Å². The lowest BCUT2D eigenvalue weighted by Crippen LogP contribution is -2.61. The summed E-state index contributed by atoms with van der Waals surface area (Å²) in [5.74, 6) is 0. The third kappa shape index (κ3) is 5.52. The van der Waals surface area contributed by atoms with Gasteiger partial charge in [0.05, 0.1) is 11.6 Å². The summed E-state index contributed by atoms with van der Waals surface area (Å²) in [6.07, 6.45) is 0.129. The average Bonchev–Trinajstić information content (AvgIpc) is 2.42. The second-order valence-corrected chi connectivity index (χ2v) is 7.53. The first kappa shape index (κ1) is 17.8. The van der Waals surface area contributed by atoms with Gasteiger partial charge in [0.1, 0.15) is 5.60 Å². The van der Waals surface area contributed by atoms with Crippen LogP contribution in [0.15, 0.2) is 30.3 Å². The standard InChI is InChI=1S/C18H28N2O3/c1-17(2,3)23-16(21)19-15-13-20(11-10-18(15,4)22)12-14-8-6-5-7-9-14/h5-9,15,22H,10-13H2,1-4H3,(H,19,21)/t15-,18-/m1/s1. The van der Waals surface area contributed by atoms with Crippen LogP contribution in [0.5, 0.6) is 0 Å². The number of carbonyl (C=O) groups excluding carboxylic acids is 1. The predicted octanol–water partition coefficient (Wildman–Crippen LogP) is 2.54. The molecule has 1 heterocycles. The Bertz CT molecular complexity index is 523. The van der Waals surface area contributed by atoms with E-state index in [-0.39, 0.29) is 6.04 Å². The number of hydrogen-bond donors (Lipinski definition) is 2. The van der Waals surface area contributed by atoms with Gasteiger partial charge in [0.2, 0.25) is 0 Å². The Morgan fingerprint density at radius 3 is 2.65 bits per heavy atom. The molecule has 5 nitrogen and oxygen atoms in total. The summed E-state index contributed by atoms with van der Waals surface area (Å²) < 4.78 is 5.31. The molecule has 1 aliphatic rings. The van der Waals surface area contributed by atoms with Crippen molar-refractivity contribution in [2.45, 2.75) is 57.9 Å². The van der Waals surface area contributed by atoms with E-state index < -0.39 is 17.3 Å². The Labute approximate surface area is 138 Å². The zero-order valence-corrected chi connectivity index (χ0v) is 14.5. The molecule has 128 valence electrons. The third-order valence-electron chi connectivity index (χ3n) is 4.07. The van der Waals surface area contributed by atoms with Crippen molar-refractivity contribution in [3.63, 3.8) is 0 Å². The molecule has 1 saturated heterocycles. The minimum atomic E-state index is -0.926. The highest BCUT2D eigenvalue weighted by Gasteiger charge is 2.39. The van der Waals surface area contributed by atoms with Crippen LogP contribution < -0.4 is 5.32 Å². The summed E-state index contributed by atoms with van der Waals surface area (Å²) in [6.45, 7) is 9.46. The first-order valence-corrected chi connectivity index (χ1v) is 8.14. The molecule has 0 bridgehead atoms. The molecule has 0 aromatic heterocycles. The molecule has 2 rings (SSSR count). The zero-order chi connectivity index (χ0) is 17.1. The molecule has 0 unspecified atom stereocenters. The highest BCUT2D eigenvalue weighted by molar-refractivity contribution is 5.68. The maximum absolute atomic E-state index is 12.0. The van der Waals surface area contributed by atoms with Crippen LogP contribution in [-0.2, 0) is 11.3 Å². The van der Waals surface area contributed by atoms with Gasteiger partial charge in [-0.15, -0.1) is 0 Å². The van der Waals surface area contributed by atoms with Gasteiger partial charge in [0, 0.05) is 19.6 Å². The van der Waals surface area contributed by atoms with Gasteiger partial charge in [-0.1, -0.05) is 30.3 Å². The van der Waals surface area contributed by atoms with Crippen molar-refractivity contribution >= 4 is 6.09 Å². The summed E-state index contributed by atoms with van der Waals surface area (Å²) in [5, 5.41) is 13.4. The molecule has 1 amide bonds. The Morgan fingerprint density at radius 2 is 2.04 bits per heavy atom. The number of amides is 1. The van der Waals surface area contributed by atoms with Gasteiger partial charge in [-0.05, 0) is 39.7 Å². The second kappa shape index (κ2) is 6.89. The maximum atomic E-state index is 12.0. The molecule has 0 radical (unpaired) electrons. The third-order valence-corrected chi connectivity index (χ3v) is 4.07. The largest absolute Gasteiger partial charge is 0.444 e. The van der Waals surface area contributed by atoms with E-state index in [2.05, 4.69) is 22.3 Å². The van der Waals surface area contributed by atoms with Crippen molar-refractivity contribution in [1.82, 2.24) is 10.2 Å². The second-order valence-electron chi connectivity index (χ2n) is 7.53. The van der Waals surface area contributed by atoms with Crippen molar-refractivity contribution in [3.05, 3.63) is 35.9 Å². The smallest absolute Gasteiger partial charge is 0.408 e. The molecule has 1 fully saturated rings.